The van der Waals surface area contributed by atoms with Crippen molar-refractivity contribution in [1.29, 1.82) is 0 Å². The van der Waals surface area contributed by atoms with Gasteiger partial charge in [-0.15, -0.1) is 0 Å². The van der Waals surface area contributed by atoms with Crippen molar-refractivity contribution in [2.45, 2.75) is 19.8 Å². The fraction of sp³-hybridized carbons (Fsp3) is 0.529. The fourth-order valence-electron chi connectivity index (χ4n) is 2.89. The molecule has 6 heteroatoms. The number of anilines is 1. The maximum atomic E-state index is 12.2. The van der Waals surface area contributed by atoms with Gasteiger partial charge in [0.1, 0.15) is 5.75 Å². The summed E-state index contributed by atoms with van der Waals surface area (Å²) in [4.78, 5) is 27.0. The Morgan fingerprint density at radius 3 is 2.43 bits per heavy atom. The van der Waals surface area contributed by atoms with E-state index in [1.807, 2.05) is 29.2 Å². The molecule has 0 spiro atoms. The number of nitrogens with zero attached hydrogens (tertiary/aromatic N) is 2. The first-order chi connectivity index (χ1) is 11.0. The number of carboxylic acids is 1. The monoisotopic (exact) mass is 320 g/mol. The minimum absolute atomic E-state index is 0.0346. The standard InChI is InChI=1S/C17H24N2O4/c1-13(12-17(21)22)11-16(20)19-9-7-18(8-10-19)14-5-3-4-6-15(14)23-2/h3-6,13H,7-12H2,1-2H3,(H,21,22)/t13-/m1/s1. The number of ether oxygens (including phenoxy) is 1. The summed E-state index contributed by atoms with van der Waals surface area (Å²) in [6.07, 6.45) is 0.327. The van der Waals surface area contributed by atoms with Gasteiger partial charge >= 0.3 is 5.97 Å². The van der Waals surface area contributed by atoms with Gasteiger partial charge in [0.25, 0.3) is 0 Å². The summed E-state index contributed by atoms with van der Waals surface area (Å²) in [5.41, 5.74) is 1.04. The topological polar surface area (TPSA) is 70.1 Å². The van der Waals surface area contributed by atoms with Gasteiger partial charge in [-0.25, -0.2) is 0 Å². The zero-order valence-electron chi connectivity index (χ0n) is 13.7. The number of benzene rings is 1. The maximum absolute atomic E-state index is 12.2. The number of hydrogen-bond acceptors (Lipinski definition) is 4. The first-order valence-corrected chi connectivity index (χ1v) is 7.88. The molecule has 1 fully saturated rings. The van der Waals surface area contributed by atoms with E-state index in [0.29, 0.717) is 19.5 Å². The van der Waals surface area contributed by atoms with E-state index in [2.05, 4.69) is 4.90 Å². The van der Waals surface area contributed by atoms with E-state index < -0.39 is 5.97 Å². The number of hydrogen-bond donors (Lipinski definition) is 1. The van der Waals surface area contributed by atoms with Crippen molar-refractivity contribution in [3.05, 3.63) is 24.3 Å². The molecule has 1 aromatic rings. The van der Waals surface area contributed by atoms with Crippen LogP contribution in [0.25, 0.3) is 0 Å². The van der Waals surface area contributed by atoms with Crippen molar-refractivity contribution in [1.82, 2.24) is 4.90 Å². The molecule has 1 N–H and O–H groups in total. The molecular weight excluding hydrogens is 296 g/mol. The highest BCUT2D eigenvalue weighted by Gasteiger charge is 2.24. The molecular formula is C17H24N2O4. The van der Waals surface area contributed by atoms with Crippen LogP contribution >= 0.6 is 0 Å². The second-order valence-corrected chi connectivity index (χ2v) is 5.95. The molecule has 2 rings (SSSR count). The molecule has 1 atom stereocenters. The van der Waals surface area contributed by atoms with Gasteiger partial charge in [-0.05, 0) is 18.1 Å². The summed E-state index contributed by atoms with van der Waals surface area (Å²) in [5.74, 6) is -0.112. The summed E-state index contributed by atoms with van der Waals surface area (Å²) in [6, 6.07) is 7.86. The predicted octanol–water partition coefficient (Wildman–Crippen LogP) is 1.84. The number of rotatable bonds is 6. The number of carbonyl (C=O) groups is 2. The molecule has 1 aliphatic rings. The van der Waals surface area contributed by atoms with Crippen LogP contribution in [0.1, 0.15) is 19.8 Å². The molecule has 6 nitrogen and oxygen atoms in total. The number of para-hydroxylation sites is 2. The van der Waals surface area contributed by atoms with Crippen molar-refractivity contribution in [3.63, 3.8) is 0 Å². The van der Waals surface area contributed by atoms with Crippen LogP contribution in [0.5, 0.6) is 5.75 Å². The summed E-state index contributed by atoms with van der Waals surface area (Å²) in [5, 5.41) is 8.77. The summed E-state index contributed by atoms with van der Waals surface area (Å²) in [7, 11) is 1.66. The molecule has 1 aliphatic heterocycles. The molecule has 0 aromatic heterocycles. The van der Waals surface area contributed by atoms with E-state index in [9.17, 15) is 9.59 Å². The molecule has 1 aromatic carbocycles. The smallest absolute Gasteiger partial charge is 0.303 e. The zero-order chi connectivity index (χ0) is 16.8. The van der Waals surface area contributed by atoms with Crippen molar-refractivity contribution < 1.29 is 19.4 Å². The van der Waals surface area contributed by atoms with Crippen LogP contribution in [0.15, 0.2) is 24.3 Å². The molecule has 126 valence electrons. The number of aliphatic carboxylic acids is 1. The third-order valence-corrected chi connectivity index (χ3v) is 4.10. The van der Waals surface area contributed by atoms with Crippen LogP contribution in [0.3, 0.4) is 0 Å². The summed E-state index contributed by atoms with van der Waals surface area (Å²) in [6.45, 7) is 4.60. The van der Waals surface area contributed by atoms with Gasteiger partial charge < -0.3 is 19.6 Å². The van der Waals surface area contributed by atoms with Gasteiger partial charge in [-0.2, -0.15) is 0 Å². The quantitative estimate of drug-likeness (QED) is 0.866. The summed E-state index contributed by atoms with van der Waals surface area (Å²) >= 11 is 0. The lowest BCUT2D eigenvalue weighted by molar-refractivity contribution is -0.138. The fourth-order valence-corrected chi connectivity index (χ4v) is 2.89. The van der Waals surface area contributed by atoms with Crippen LogP contribution in [-0.2, 0) is 9.59 Å². The van der Waals surface area contributed by atoms with E-state index in [1.54, 1.807) is 14.0 Å². The zero-order valence-corrected chi connectivity index (χ0v) is 13.7. The number of carbonyl (C=O) groups excluding carboxylic acids is 1. The van der Waals surface area contributed by atoms with E-state index >= 15 is 0 Å². The molecule has 0 bridgehead atoms. The van der Waals surface area contributed by atoms with Crippen LogP contribution < -0.4 is 9.64 Å². The van der Waals surface area contributed by atoms with Gasteiger partial charge in [0.15, 0.2) is 0 Å². The van der Waals surface area contributed by atoms with E-state index in [4.69, 9.17) is 9.84 Å². The Labute approximate surface area is 136 Å². The SMILES string of the molecule is COc1ccccc1N1CCN(C(=O)C[C@@H](C)CC(=O)O)CC1. The van der Waals surface area contributed by atoms with Crippen LogP contribution in [0.2, 0.25) is 0 Å². The van der Waals surface area contributed by atoms with E-state index in [1.165, 1.54) is 0 Å². The van der Waals surface area contributed by atoms with Crippen LogP contribution in [0, 0.1) is 5.92 Å². The Hall–Kier alpha value is -2.24. The molecule has 1 amide bonds. The van der Waals surface area contributed by atoms with Gasteiger partial charge in [0, 0.05) is 39.0 Å². The Bertz CT molecular complexity index is 553. The molecule has 0 unspecified atom stereocenters. The normalized spacial score (nSPS) is 16.1. The number of carboxylic acid groups (broad SMARTS) is 1. The molecule has 1 heterocycles. The number of methoxy groups -OCH3 is 1. The summed E-state index contributed by atoms with van der Waals surface area (Å²) < 4.78 is 5.38. The van der Waals surface area contributed by atoms with Crippen LogP contribution in [-0.4, -0.2) is 55.2 Å². The minimum atomic E-state index is -0.855. The molecule has 1 saturated heterocycles. The van der Waals surface area contributed by atoms with Crippen LogP contribution in [0.4, 0.5) is 5.69 Å². The second-order valence-electron chi connectivity index (χ2n) is 5.95. The highest BCUT2D eigenvalue weighted by molar-refractivity contribution is 5.77. The molecule has 0 radical (unpaired) electrons. The van der Waals surface area contributed by atoms with E-state index in [0.717, 1.165) is 24.5 Å². The van der Waals surface area contributed by atoms with Crippen molar-refractivity contribution >= 4 is 17.6 Å². The minimum Gasteiger partial charge on any atom is -0.495 e. The average Bonchev–Trinajstić information content (AvgIpc) is 2.54. The second kappa shape index (κ2) is 7.85. The first kappa shape index (κ1) is 17.1. The Morgan fingerprint density at radius 1 is 1.17 bits per heavy atom. The third kappa shape index (κ3) is 4.61. The van der Waals surface area contributed by atoms with Crippen molar-refractivity contribution in [3.8, 4) is 5.75 Å². The molecule has 23 heavy (non-hydrogen) atoms. The average molecular weight is 320 g/mol. The Kier molecular flexibility index (Phi) is 5.84. The van der Waals surface area contributed by atoms with Gasteiger partial charge in [0.2, 0.25) is 5.91 Å². The van der Waals surface area contributed by atoms with Crippen molar-refractivity contribution in [2.75, 3.05) is 38.2 Å². The lowest BCUT2D eigenvalue weighted by atomic mass is 10.0. The lowest BCUT2D eigenvalue weighted by Gasteiger charge is -2.37. The number of amides is 1. The van der Waals surface area contributed by atoms with Gasteiger partial charge in [-0.1, -0.05) is 19.1 Å². The molecule has 0 aliphatic carbocycles. The highest BCUT2D eigenvalue weighted by Crippen LogP contribution is 2.28. The molecule has 0 saturated carbocycles. The van der Waals surface area contributed by atoms with Gasteiger partial charge in [-0.3, -0.25) is 9.59 Å². The van der Waals surface area contributed by atoms with Crippen molar-refractivity contribution in [2.24, 2.45) is 5.92 Å². The first-order valence-electron chi connectivity index (χ1n) is 7.88. The highest BCUT2D eigenvalue weighted by atomic mass is 16.5. The largest absolute Gasteiger partial charge is 0.495 e. The van der Waals surface area contributed by atoms with E-state index in [-0.39, 0.29) is 18.2 Å². The Balaban J connectivity index is 1.88. The van der Waals surface area contributed by atoms with Gasteiger partial charge in [0.05, 0.1) is 12.8 Å². The lowest BCUT2D eigenvalue weighted by Crippen LogP contribution is -2.49. The number of piperazine rings is 1. The predicted molar refractivity (Wildman–Crippen MR) is 87.8 cm³/mol. The Morgan fingerprint density at radius 2 is 1.83 bits per heavy atom. The third-order valence-electron chi connectivity index (χ3n) is 4.10. The maximum Gasteiger partial charge on any atom is 0.303 e.